The van der Waals surface area contributed by atoms with Crippen LogP contribution in [0.4, 0.5) is 0 Å². The first-order chi connectivity index (χ1) is 9.43. The summed E-state index contributed by atoms with van der Waals surface area (Å²) in [7, 11) is 0. The van der Waals surface area contributed by atoms with Crippen molar-refractivity contribution < 1.29 is 4.42 Å². The van der Waals surface area contributed by atoms with Gasteiger partial charge in [-0.25, -0.2) is 9.97 Å². The standard InChI is InChI=1S/C14H9N3OS/c1-4-10-13(15-7-1)17(12-6-3-9-19-12)14(16-10)11-5-2-8-18-11/h1-9H. The van der Waals surface area contributed by atoms with Gasteiger partial charge in [-0.3, -0.25) is 4.57 Å². The van der Waals surface area contributed by atoms with Crippen molar-refractivity contribution in [2.75, 3.05) is 0 Å². The third-order valence-corrected chi connectivity index (χ3v) is 3.74. The van der Waals surface area contributed by atoms with E-state index in [1.54, 1.807) is 23.8 Å². The molecule has 0 bridgehead atoms. The van der Waals surface area contributed by atoms with Crippen molar-refractivity contribution in [3.63, 3.8) is 0 Å². The number of fused-ring (bicyclic) bond motifs is 1. The van der Waals surface area contributed by atoms with E-state index in [4.69, 9.17) is 4.42 Å². The van der Waals surface area contributed by atoms with E-state index in [0.29, 0.717) is 0 Å². The zero-order valence-electron chi connectivity index (χ0n) is 9.85. The second-order valence-corrected chi connectivity index (χ2v) is 4.97. The zero-order valence-corrected chi connectivity index (χ0v) is 10.7. The molecule has 5 heteroatoms. The second-order valence-electron chi connectivity index (χ2n) is 4.05. The van der Waals surface area contributed by atoms with Gasteiger partial charge in [0.1, 0.15) is 10.5 Å². The first-order valence-corrected chi connectivity index (χ1v) is 6.73. The fraction of sp³-hybridized carbons (Fsp3) is 0. The predicted molar refractivity (Wildman–Crippen MR) is 74.4 cm³/mol. The van der Waals surface area contributed by atoms with Gasteiger partial charge in [-0.15, -0.1) is 11.3 Å². The maximum atomic E-state index is 5.48. The van der Waals surface area contributed by atoms with E-state index in [1.807, 2.05) is 46.3 Å². The molecule has 0 N–H and O–H groups in total. The third kappa shape index (κ3) is 1.59. The molecule has 0 atom stereocenters. The lowest BCUT2D eigenvalue weighted by Gasteiger charge is -2.03. The predicted octanol–water partition coefficient (Wildman–Crippen LogP) is 3.74. The summed E-state index contributed by atoms with van der Waals surface area (Å²) in [4.78, 5) is 9.06. The Morgan fingerprint density at radius 1 is 1.11 bits per heavy atom. The Hall–Kier alpha value is -2.40. The lowest BCUT2D eigenvalue weighted by atomic mass is 10.4. The van der Waals surface area contributed by atoms with Gasteiger partial charge in [0, 0.05) is 6.20 Å². The Balaban J connectivity index is 2.10. The van der Waals surface area contributed by atoms with Crippen molar-refractivity contribution in [2.45, 2.75) is 0 Å². The number of aromatic nitrogens is 3. The van der Waals surface area contributed by atoms with Crippen molar-refractivity contribution in [3.8, 4) is 16.6 Å². The molecule has 0 radical (unpaired) electrons. The van der Waals surface area contributed by atoms with Crippen molar-refractivity contribution in [1.29, 1.82) is 0 Å². The van der Waals surface area contributed by atoms with E-state index < -0.39 is 0 Å². The number of imidazole rings is 1. The maximum absolute atomic E-state index is 5.48. The summed E-state index contributed by atoms with van der Waals surface area (Å²) in [6.07, 6.45) is 3.43. The van der Waals surface area contributed by atoms with Crippen molar-refractivity contribution in [3.05, 3.63) is 54.2 Å². The Bertz CT molecular complexity index is 816. The van der Waals surface area contributed by atoms with Gasteiger partial charge in [0.25, 0.3) is 0 Å². The minimum Gasteiger partial charge on any atom is -0.461 e. The molecule has 0 aliphatic rings. The number of nitrogens with zero attached hydrogens (tertiary/aromatic N) is 3. The van der Waals surface area contributed by atoms with Crippen molar-refractivity contribution in [1.82, 2.24) is 14.5 Å². The average molecular weight is 267 g/mol. The van der Waals surface area contributed by atoms with E-state index in [-0.39, 0.29) is 0 Å². The molecule has 92 valence electrons. The average Bonchev–Trinajstić information content (AvgIpc) is 3.17. The topological polar surface area (TPSA) is 43.9 Å². The normalized spacial score (nSPS) is 11.2. The van der Waals surface area contributed by atoms with Gasteiger partial charge in [0.05, 0.1) is 6.26 Å². The summed E-state index contributed by atoms with van der Waals surface area (Å²) in [5, 5.41) is 3.11. The summed E-state index contributed by atoms with van der Waals surface area (Å²) in [5.41, 5.74) is 1.71. The van der Waals surface area contributed by atoms with Crippen LogP contribution >= 0.6 is 11.3 Å². The van der Waals surface area contributed by atoms with Gasteiger partial charge < -0.3 is 4.42 Å². The summed E-state index contributed by atoms with van der Waals surface area (Å²) >= 11 is 1.65. The molecular weight excluding hydrogens is 258 g/mol. The van der Waals surface area contributed by atoms with E-state index in [9.17, 15) is 0 Å². The number of hydrogen-bond donors (Lipinski definition) is 0. The molecule has 4 aromatic heterocycles. The quantitative estimate of drug-likeness (QED) is 0.555. The molecule has 4 nitrogen and oxygen atoms in total. The monoisotopic (exact) mass is 267 g/mol. The summed E-state index contributed by atoms with van der Waals surface area (Å²) in [5.74, 6) is 1.52. The molecule has 4 rings (SSSR count). The molecule has 19 heavy (non-hydrogen) atoms. The van der Waals surface area contributed by atoms with Crippen LogP contribution in [0.3, 0.4) is 0 Å². The Kier molecular flexibility index (Phi) is 2.25. The van der Waals surface area contributed by atoms with Crippen molar-refractivity contribution in [2.24, 2.45) is 0 Å². The SMILES string of the molecule is c1coc(-c2nc3cccnc3n2-c2cccs2)c1. The molecule has 0 saturated heterocycles. The number of furan rings is 1. The number of thiophene rings is 1. The second kappa shape index (κ2) is 4.07. The minimum atomic E-state index is 0.742. The highest BCUT2D eigenvalue weighted by atomic mass is 32.1. The number of hydrogen-bond acceptors (Lipinski definition) is 4. The Morgan fingerprint density at radius 2 is 2.11 bits per heavy atom. The maximum Gasteiger partial charge on any atom is 0.183 e. The molecule has 0 fully saturated rings. The van der Waals surface area contributed by atoms with Crippen LogP contribution in [0.25, 0.3) is 27.7 Å². The molecule has 4 aromatic rings. The molecule has 0 saturated carbocycles. The van der Waals surface area contributed by atoms with Crippen molar-refractivity contribution >= 4 is 22.5 Å². The van der Waals surface area contributed by atoms with E-state index in [2.05, 4.69) is 9.97 Å². The highest BCUT2D eigenvalue weighted by molar-refractivity contribution is 7.12. The lowest BCUT2D eigenvalue weighted by Crippen LogP contribution is -1.95. The van der Waals surface area contributed by atoms with Gasteiger partial charge in [0.15, 0.2) is 17.2 Å². The summed E-state index contributed by atoms with van der Waals surface area (Å²) in [6.45, 7) is 0. The van der Waals surface area contributed by atoms with Crippen LogP contribution in [0.1, 0.15) is 0 Å². The Labute approximate surface area is 113 Å². The molecule has 0 aromatic carbocycles. The van der Waals surface area contributed by atoms with Crippen LogP contribution in [0.5, 0.6) is 0 Å². The Morgan fingerprint density at radius 3 is 2.89 bits per heavy atom. The summed E-state index contributed by atoms with van der Waals surface area (Å²) in [6, 6.07) is 11.7. The molecule has 0 aliphatic heterocycles. The highest BCUT2D eigenvalue weighted by Gasteiger charge is 2.17. The number of pyridine rings is 1. The van der Waals surface area contributed by atoms with Crippen LogP contribution in [-0.4, -0.2) is 14.5 Å². The molecule has 0 unspecified atom stereocenters. The van der Waals surface area contributed by atoms with Crippen LogP contribution in [0.15, 0.2) is 58.7 Å². The van der Waals surface area contributed by atoms with Gasteiger partial charge >= 0.3 is 0 Å². The van der Waals surface area contributed by atoms with Gasteiger partial charge in [-0.05, 0) is 41.8 Å². The van der Waals surface area contributed by atoms with Crippen LogP contribution in [0.2, 0.25) is 0 Å². The number of rotatable bonds is 2. The van der Waals surface area contributed by atoms with Gasteiger partial charge in [-0.2, -0.15) is 0 Å². The first kappa shape index (κ1) is 10.5. The van der Waals surface area contributed by atoms with Gasteiger partial charge in [-0.1, -0.05) is 0 Å². The molecule has 4 heterocycles. The van der Waals surface area contributed by atoms with E-state index >= 15 is 0 Å². The zero-order chi connectivity index (χ0) is 12.7. The largest absolute Gasteiger partial charge is 0.461 e. The van der Waals surface area contributed by atoms with E-state index in [0.717, 1.165) is 27.7 Å². The first-order valence-electron chi connectivity index (χ1n) is 5.85. The van der Waals surface area contributed by atoms with Crippen LogP contribution < -0.4 is 0 Å². The molecule has 0 aliphatic carbocycles. The van der Waals surface area contributed by atoms with E-state index in [1.165, 1.54) is 0 Å². The minimum absolute atomic E-state index is 0.742. The summed E-state index contributed by atoms with van der Waals surface area (Å²) < 4.78 is 7.51. The van der Waals surface area contributed by atoms with Crippen LogP contribution in [0, 0.1) is 0 Å². The highest BCUT2D eigenvalue weighted by Crippen LogP contribution is 2.29. The smallest absolute Gasteiger partial charge is 0.183 e. The lowest BCUT2D eigenvalue weighted by molar-refractivity contribution is 0.576. The van der Waals surface area contributed by atoms with Gasteiger partial charge in [0.2, 0.25) is 0 Å². The molecular formula is C14H9N3OS. The fourth-order valence-electron chi connectivity index (χ4n) is 2.09. The fourth-order valence-corrected chi connectivity index (χ4v) is 2.82. The third-order valence-electron chi connectivity index (χ3n) is 2.88. The molecule has 0 amide bonds. The molecule has 0 spiro atoms. The van der Waals surface area contributed by atoms with Crippen LogP contribution in [-0.2, 0) is 0 Å².